The summed E-state index contributed by atoms with van der Waals surface area (Å²) in [5.74, 6) is -0.734. The van der Waals surface area contributed by atoms with Gasteiger partial charge in [-0.15, -0.1) is 0 Å². The highest BCUT2D eigenvalue weighted by atomic mass is 32.2. The molecule has 10 nitrogen and oxygen atoms in total. The number of aryl methyl sites for hydroxylation is 1. The van der Waals surface area contributed by atoms with Gasteiger partial charge in [-0.3, -0.25) is 13.8 Å². The topological polar surface area (TPSA) is 128 Å². The summed E-state index contributed by atoms with van der Waals surface area (Å²) in [5.41, 5.74) is 8.77. The van der Waals surface area contributed by atoms with E-state index in [1.165, 1.54) is 10.5 Å². The van der Waals surface area contributed by atoms with Crippen LogP contribution in [0.1, 0.15) is 29.9 Å². The monoisotopic (exact) mass is 445 g/mol. The van der Waals surface area contributed by atoms with Gasteiger partial charge in [0.25, 0.3) is 5.91 Å². The molecule has 1 unspecified atom stereocenters. The standard InChI is InChI=1S/C20H27N7O3S/c1-12-14(7-23-25(12)4)13-6-16-18(15(19(21)28)8-24-26(16)10-13)27(31(5,29)30)17-9-22-11-20(17,2)3/h6-8,10,17,22H,9,11H2,1-5H3,(H2,21,28). The maximum absolute atomic E-state index is 13.1. The van der Waals surface area contributed by atoms with E-state index < -0.39 is 22.0 Å². The van der Waals surface area contributed by atoms with Crippen LogP contribution in [0.3, 0.4) is 0 Å². The Morgan fingerprint density at radius 3 is 2.55 bits per heavy atom. The van der Waals surface area contributed by atoms with Crippen molar-refractivity contribution in [3.05, 3.63) is 35.9 Å². The van der Waals surface area contributed by atoms with E-state index in [1.54, 1.807) is 21.6 Å². The number of aromatic nitrogens is 4. The van der Waals surface area contributed by atoms with Crippen molar-refractivity contribution in [1.82, 2.24) is 24.7 Å². The maximum atomic E-state index is 13.1. The number of carbonyl (C=O) groups is 1. The first kappa shape index (κ1) is 21.3. The molecule has 3 N–H and O–H groups in total. The number of nitrogens with one attached hydrogen (secondary N) is 1. The van der Waals surface area contributed by atoms with E-state index in [2.05, 4.69) is 15.5 Å². The molecule has 3 aromatic heterocycles. The van der Waals surface area contributed by atoms with Crippen molar-refractivity contribution >= 4 is 27.1 Å². The molecule has 0 bridgehead atoms. The molecule has 0 radical (unpaired) electrons. The summed E-state index contributed by atoms with van der Waals surface area (Å²) in [5, 5.41) is 11.9. The highest BCUT2D eigenvalue weighted by Crippen LogP contribution is 2.39. The third kappa shape index (κ3) is 3.47. The van der Waals surface area contributed by atoms with Gasteiger partial charge in [-0.1, -0.05) is 13.8 Å². The molecule has 1 fully saturated rings. The number of nitrogens with two attached hydrogens (primary N) is 1. The fourth-order valence-corrected chi connectivity index (χ4v) is 5.61. The molecule has 0 aromatic carbocycles. The van der Waals surface area contributed by atoms with Crippen LogP contribution in [0.4, 0.5) is 5.69 Å². The van der Waals surface area contributed by atoms with E-state index in [1.807, 2.05) is 33.9 Å². The second-order valence-corrected chi connectivity index (χ2v) is 10.7. The lowest BCUT2D eigenvalue weighted by molar-refractivity contribution is 0.100. The smallest absolute Gasteiger partial charge is 0.252 e. The Morgan fingerprint density at radius 2 is 2.03 bits per heavy atom. The van der Waals surface area contributed by atoms with Gasteiger partial charge in [0, 0.05) is 43.2 Å². The quantitative estimate of drug-likeness (QED) is 0.601. The summed E-state index contributed by atoms with van der Waals surface area (Å²) in [6.45, 7) is 7.06. The van der Waals surface area contributed by atoms with Crippen LogP contribution in [0.5, 0.6) is 0 Å². The number of hydrogen-bond acceptors (Lipinski definition) is 6. The van der Waals surface area contributed by atoms with E-state index in [9.17, 15) is 13.2 Å². The van der Waals surface area contributed by atoms with Crippen LogP contribution >= 0.6 is 0 Å². The lowest BCUT2D eigenvalue weighted by Gasteiger charge is -2.37. The number of amides is 1. The summed E-state index contributed by atoms with van der Waals surface area (Å²) < 4.78 is 30.8. The van der Waals surface area contributed by atoms with Gasteiger partial charge in [0.15, 0.2) is 0 Å². The van der Waals surface area contributed by atoms with Crippen molar-refractivity contribution in [2.45, 2.75) is 26.8 Å². The molecular formula is C20H27N7O3S. The van der Waals surface area contributed by atoms with Gasteiger partial charge >= 0.3 is 0 Å². The van der Waals surface area contributed by atoms with Gasteiger partial charge in [-0.05, 0) is 18.4 Å². The normalized spacial score (nSPS) is 18.5. The van der Waals surface area contributed by atoms with Crippen LogP contribution in [0, 0.1) is 12.3 Å². The minimum absolute atomic E-state index is 0.0631. The molecule has 11 heteroatoms. The second-order valence-electron chi connectivity index (χ2n) is 8.79. The molecule has 4 heterocycles. The van der Waals surface area contributed by atoms with Crippen molar-refractivity contribution in [2.24, 2.45) is 18.2 Å². The van der Waals surface area contributed by atoms with E-state index in [0.717, 1.165) is 23.1 Å². The molecule has 1 aliphatic heterocycles. The number of hydrogen-bond donors (Lipinski definition) is 2. The average Bonchev–Trinajstić information content (AvgIpc) is 3.32. The maximum Gasteiger partial charge on any atom is 0.252 e. The molecule has 31 heavy (non-hydrogen) atoms. The zero-order chi connectivity index (χ0) is 22.7. The van der Waals surface area contributed by atoms with Crippen LogP contribution in [-0.2, 0) is 17.1 Å². The second kappa shape index (κ2) is 7.06. The Labute approximate surface area is 181 Å². The van der Waals surface area contributed by atoms with Crippen molar-refractivity contribution in [1.29, 1.82) is 0 Å². The van der Waals surface area contributed by atoms with Gasteiger partial charge in [0.1, 0.15) is 0 Å². The molecule has 166 valence electrons. The molecule has 0 spiro atoms. The predicted octanol–water partition coefficient (Wildman–Crippen LogP) is 0.906. The first-order chi connectivity index (χ1) is 14.4. The van der Waals surface area contributed by atoms with Gasteiger partial charge < -0.3 is 11.1 Å². The first-order valence-corrected chi connectivity index (χ1v) is 11.8. The Kier molecular flexibility index (Phi) is 4.85. The SMILES string of the molecule is Cc1c(-c2cc3c(N(C4CNCC4(C)C)S(C)(=O)=O)c(C(N)=O)cnn3c2)cnn1C. The van der Waals surface area contributed by atoms with Crippen LogP contribution < -0.4 is 15.4 Å². The number of anilines is 1. The Bertz CT molecular complexity index is 1290. The van der Waals surface area contributed by atoms with Gasteiger partial charge in [0.2, 0.25) is 10.0 Å². The number of sulfonamides is 1. The zero-order valence-electron chi connectivity index (χ0n) is 18.2. The molecule has 3 aromatic rings. The fourth-order valence-electron chi connectivity index (χ4n) is 4.26. The van der Waals surface area contributed by atoms with Crippen molar-refractivity contribution in [2.75, 3.05) is 23.7 Å². The van der Waals surface area contributed by atoms with Crippen molar-refractivity contribution in [3.63, 3.8) is 0 Å². The minimum Gasteiger partial charge on any atom is -0.365 e. The number of fused-ring (bicyclic) bond motifs is 1. The zero-order valence-corrected chi connectivity index (χ0v) is 19.1. The molecule has 1 aliphatic rings. The lowest BCUT2D eigenvalue weighted by Crippen LogP contribution is -2.48. The van der Waals surface area contributed by atoms with E-state index in [0.29, 0.717) is 18.6 Å². The van der Waals surface area contributed by atoms with E-state index in [4.69, 9.17) is 5.73 Å². The van der Waals surface area contributed by atoms with Gasteiger partial charge in [-0.2, -0.15) is 10.2 Å². The molecule has 1 atom stereocenters. The first-order valence-electron chi connectivity index (χ1n) is 9.92. The van der Waals surface area contributed by atoms with Crippen molar-refractivity contribution in [3.8, 4) is 11.1 Å². The summed E-state index contributed by atoms with van der Waals surface area (Å²) >= 11 is 0. The average molecular weight is 446 g/mol. The highest BCUT2D eigenvalue weighted by molar-refractivity contribution is 7.92. The summed E-state index contributed by atoms with van der Waals surface area (Å²) in [7, 11) is -1.90. The van der Waals surface area contributed by atoms with Crippen LogP contribution in [0.25, 0.3) is 16.6 Å². The molecule has 1 saturated heterocycles. The molecular weight excluding hydrogens is 418 g/mol. The van der Waals surface area contributed by atoms with E-state index >= 15 is 0 Å². The van der Waals surface area contributed by atoms with Crippen molar-refractivity contribution < 1.29 is 13.2 Å². The summed E-state index contributed by atoms with van der Waals surface area (Å²) in [6.07, 6.45) is 6.03. The Balaban J connectivity index is 2.03. The third-order valence-electron chi connectivity index (χ3n) is 6.10. The van der Waals surface area contributed by atoms with Crippen LogP contribution in [0.15, 0.2) is 24.7 Å². The minimum atomic E-state index is -3.75. The molecule has 0 aliphatic carbocycles. The van der Waals surface area contributed by atoms with Gasteiger partial charge in [0.05, 0.1) is 41.5 Å². The van der Waals surface area contributed by atoms with E-state index in [-0.39, 0.29) is 16.7 Å². The molecule has 0 saturated carbocycles. The van der Waals surface area contributed by atoms with Gasteiger partial charge in [-0.25, -0.2) is 12.9 Å². The summed E-state index contributed by atoms with van der Waals surface area (Å²) in [4.78, 5) is 12.3. The molecule has 4 rings (SSSR count). The highest BCUT2D eigenvalue weighted by Gasteiger charge is 2.44. The Hall–Kier alpha value is -2.92. The lowest BCUT2D eigenvalue weighted by atomic mass is 9.87. The molecule has 1 amide bonds. The number of carbonyl (C=O) groups excluding carboxylic acids is 1. The number of nitrogens with zero attached hydrogens (tertiary/aromatic N) is 5. The third-order valence-corrected chi connectivity index (χ3v) is 7.25. The van der Waals surface area contributed by atoms with Crippen LogP contribution in [-0.4, -0.2) is 59.1 Å². The Morgan fingerprint density at radius 1 is 1.32 bits per heavy atom. The van der Waals surface area contributed by atoms with Crippen LogP contribution in [0.2, 0.25) is 0 Å². The number of rotatable bonds is 5. The largest absolute Gasteiger partial charge is 0.365 e. The summed E-state index contributed by atoms with van der Waals surface area (Å²) in [6, 6.07) is 1.43. The predicted molar refractivity (Wildman–Crippen MR) is 118 cm³/mol. The number of primary amides is 1. The fraction of sp³-hybridized carbons (Fsp3) is 0.450.